The SMILES string of the molecule is OC(C1CCOCC1)C1(O)CCCC1. The van der Waals surface area contributed by atoms with Gasteiger partial charge in [-0.3, -0.25) is 0 Å². The zero-order valence-electron chi connectivity index (χ0n) is 8.61. The molecular weight excluding hydrogens is 180 g/mol. The fourth-order valence-electron chi connectivity index (χ4n) is 2.75. The van der Waals surface area contributed by atoms with Crippen molar-refractivity contribution >= 4 is 0 Å². The molecule has 0 spiro atoms. The van der Waals surface area contributed by atoms with Crippen LogP contribution in [0.3, 0.4) is 0 Å². The first-order chi connectivity index (χ1) is 6.72. The summed E-state index contributed by atoms with van der Waals surface area (Å²) in [5.41, 5.74) is -0.790. The van der Waals surface area contributed by atoms with Crippen molar-refractivity contribution in [2.24, 2.45) is 5.92 Å². The molecule has 2 rings (SSSR count). The molecule has 3 nitrogen and oxygen atoms in total. The van der Waals surface area contributed by atoms with Crippen molar-refractivity contribution in [2.75, 3.05) is 13.2 Å². The lowest BCUT2D eigenvalue weighted by Crippen LogP contribution is -2.46. The summed E-state index contributed by atoms with van der Waals surface area (Å²) in [4.78, 5) is 0. The lowest BCUT2D eigenvalue weighted by molar-refractivity contribution is -0.114. The van der Waals surface area contributed by atoms with E-state index in [9.17, 15) is 10.2 Å². The Balaban J connectivity index is 1.95. The van der Waals surface area contributed by atoms with Crippen molar-refractivity contribution in [3.05, 3.63) is 0 Å². The smallest absolute Gasteiger partial charge is 0.0908 e. The quantitative estimate of drug-likeness (QED) is 0.701. The third-order valence-electron chi connectivity index (χ3n) is 3.73. The fourth-order valence-corrected chi connectivity index (χ4v) is 2.75. The molecule has 2 aliphatic rings. The molecule has 0 aromatic rings. The minimum atomic E-state index is -0.790. The van der Waals surface area contributed by atoms with Crippen LogP contribution in [-0.4, -0.2) is 35.1 Å². The van der Waals surface area contributed by atoms with Crippen LogP contribution in [0.1, 0.15) is 38.5 Å². The van der Waals surface area contributed by atoms with Crippen LogP contribution < -0.4 is 0 Å². The van der Waals surface area contributed by atoms with Gasteiger partial charge in [-0.15, -0.1) is 0 Å². The Labute approximate surface area is 85.1 Å². The number of hydrogen-bond donors (Lipinski definition) is 2. The highest BCUT2D eigenvalue weighted by Gasteiger charge is 2.42. The Morgan fingerprint density at radius 2 is 1.71 bits per heavy atom. The molecule has 1 aliphatic heterocycles. The van der Waals surface area contributed by atoms with Gasteiger partial charge in [0.05, 0.1) is 11.7 Å². The average molecular weight is 200 g/mol. The number of hydrogen-bond acceptors (Lipinski definition) is 3. The monoisotopic (exact) mass is 200 g/mol. The van der Waals surface area contributed by atoms with Gasteiger partial charge in [0.25, 0.3) is 0 Å². The molecule has 1 atom stereocenters. The summed E-state index contributed by atoms with van der Waals surface area (Å²) in [6.07, 6.45) is 4.89. The van der Waals surface area contributed by atoms with Crippen LogP contribution in [0, 0.1) is 5.92 Å². The minimum absolute atomic E-state index is 0.242. The van der Waals surface area contributed by atoms with Crippen molar-refractivity contribution in [3.8, 4) is 0 Å². The molecule has 3 heteroatoms. The van der Waals surface area contributed by atoms with Gasteiger partial charge < -0.3 is 14.9 Å². The van der Waals surface area contributed by atoms with Crippen LogP contribution in [0.25, 0.3) is 0 Å². The summed E-state index contributed by atoms with van der Waals surface area (Å²) in [7, 11) is 0. The predicted molar refractivity (Wildman–Crippen MR) is 53.0 cm³/mol. The van der Waals surface area contributed by atoms with Crippen LogP contribution in [0.4, 0.5) is 0 Å². The molecule has 0 aromatic heterocycles. The van der Waals surface area contributed by atoms with E-state index in [1.165, 1.54) is 0 Å². The summed E-state index contributed by atoms with van der Waals surface area (Å²) in [5, 5.41) is 20.3. The highest BCUT2D eigenvalue weighted by Crippen LogP contribution is 2.37. The Morgan fingerprint density at radius 1 is 1.14 bits per heavy atom. The maximum absolute atomic E-state index is 10.2. The second kappa shape index (κ2) is 4.17. The Kier molecular flexibility index (Phi) is 3.10. The zero-order valence-corrected chi connectivity index (χ0v) is 8.61. The Hall–Kier alpha value is -0.120. The maximum atomic E-state index is 10.2. The first-order valence-electron chi connectivity index (χ1n) is 5.70. The molecule has 0 radical (unpaired) electrons. The summed E-state index contributed by atoms with van der Waals surface area (Å²) in [6.45, 7) is 1.47. The number of rotatable bonds is 2. The topological polar surface area (TPSA) is 49.7 Å². The van der Waals surface area contributed by atoms with Crippen molar-refractivity contribution in [1.82, 2.24) is 0 Å². The standard InChI is InChI=1S/C11H20O3/c12-10(9-3-7-14-8-4-9)11(13)5-1-2-6-11/h9-10,12-13H,1-8H2. The van der Waals surface area contributed by atoms with Gasteiger partial charge in [-0.05, 0) is 31.6 Å². The van der Waals surface area contributed by atoms with Crippen molar-refractivity contribution in [1.29, 1.82) is 0 Å². The van der Waals surface area contributed by atoms with Gasteiger partial charge in [0.1, 0.15) is 0 Å². The zero-order chi connectivity index (χ0) is 10.0. The Bertz CT molecular complexity index is 181. The number of aliphatic hydroxyl groups excluding tert-OH is 1. The van der Waals surface area contributed by atoms with Gasteiger partial charge in [0, 0.05) is 13.2 Å². The lowest BCUT2D eigenvalue weighted by atomic mass is 9.82. The van der Waals surface area contributed by atoms with E-state index in [-0.39, 0.29) is 5.92 Å². The average Bonchev–Trinajstić information content (AvgIpc) is 2.67. The summed E-state index contributed by atoms with van der Waals surface area (Å²) >= 11 is 0. The summed E-state index contributed by atoms with van der Waals surface area (Å²) in [5.74, 6) is 0.242. The van der Waals surface area contributed by atoms with E-state index in [4.69, 9.17) is 4.74 Å². The van der Waals surface area contributed by atoms with E-state index in [2.05, 4.69) is 0 Å². The van der Waals surface area contributed by atoms with Gasteiger partial charge in [0.15, 0.2) is 0 Å². The van der Waals surface area contributed by atoms with Gasteiger partial charge in [-0.25, -0.2) is 0 Å². The van der Waals surface area contributed by atoms with E-state index in [0.29, 0.717) is 0 Å². The molecule has 0 amide bonds. The molecule has 2 fully saturated rings. The van der Waals surface area contributed by atoms with Crippen LogP contribution in [0.15, 0.2) is 0 Å². The molecule has 1 saturated heterocycles. The van der Waals surface area contributed by atoms with Crippen molar-refractivity contribution in [2.45, 2.75) is 50.2 Å². The van der Waals surface area contributed by atoms with E-state index < -0.39 is 11.7 Å². The van der Waals surface area contributed by atoms with Crippen LogP contribution in [-0.2, 0) is 4.74 Å². The summed E-state index contributed by atoms with van der Waals surface area (Å²) < 4.78 is 5.25. The fraction of sp³-hybridized carbons (Fsp3) is 1.00. The van der Waals surface area contributed by atoms with Crippen LogP contribution >= 0.6 is 0 Å². The molecule has 14 heavy (non-hydrogen) atoms. The van der Waals surface area contributed by atoms with E-state index in [0.717, 1.165) is 51.7 Å². The molecule has 0 bridgehead atoms. The van der Waals surface area contributed by atoms with Gasteiger partial charge in [-0.1, -0.05) is 12.8 Å². The minimum Gasteiger partial charge on any atom is -0.390 e. The predicted octanol–water partition coefficient (Wildman–Crippen LogP) is 1.08. The van der Waals surface area contributed by atoms with Crippen molar-refractivity contribution in [3.63, 3.8) is 0 Å². The highest BCUT2D eigenvalue weighted by atomic mass is 16.5. The van der Waals surface area contributed by atoms with Crippen LogP contribution in [0.2, 0.25) is 0 Å². The molecule has 82 valence electrons. The number of aliphatic hydroxyl groups is 2. The Morgan fingerprint density at radius 3 is 2.29 bits per heavy atom. The normalized spacial score (nSPS) is 30.4. The molecule has 1 unspecified atom stereocenters. The van der Waals surface area contributed by atoms with E-state index in [1.54, 1.807) is 0 Å². The van der Waals surface area contributed by atoms with Gasteiger partial charge >= 0.3 is 0 Å². The molecule has 2 N–H and O–H groups in total. The molecule has 1 saturated carbocycles. The van der Waals surface area contributed by atoms with Crippen LogP contribution in [0.5, 0.6) is 0 Å². The second-order valence-corrected chi connectivity index (χ2v) is 4.71. The maximum Gasteiger partial charge on any atom is 0.0908 e. The summed E-state index contributed by atoms with van der Waals surface area (Å²) in [6, 6.07) is 0. The molecular formula is C11H20O3. The first-order valence-corrected chi connectivity index (χ1v) is 5.70. The number of ether oxygens (including phenoxy) is 1. The molecule has 1 aliphatic carbocycles. The second-order valence-electron chi connectivity index (χ2n) is 4.71. The highest BCUT2D eigenvalue weighted by molar-refractivity contribution is 4.94. The van der Waals surface area contributed by atoms with E-state index in [1.807, 2.05) is 0 Å². The largest absolute Gasteiger partial charge is 0.390 e. The van der Waals surface area contributed by atoms with Crippen molar-refractivity contribution < 1.29 is 14.9 Å². The van der Waals surface area contributed by atoms with Gasteiger partial charge in [0.2, 0.25) is 0 Å². The lowest BCUT2D eigenvalue weighted by Gasteiger charge is -2.36. The first kappa shape index (κ1) is 10.4. The third kappa shape index (κ3) is 1.95. The molecule has 0 aromatic carbocycles. The third-order valence-corrected chi connectivity index (χ3v) is 3.73. The molecule has 1 heterocycles. The van der Waals surface area contributed by atoms with E-state index >= 15 is 0 Å². The van der Waals surface area contributed by atoms with Gasteiger partial charge in [-0.2, -0.15) is 0 Å².